The maximum atomic E-state index is 12.7. The number of alkyl halides is 3. The van der Waals surface area contributed by atoms with E-state index in [-0.39, 0.29) is 5.82 Å². The summed E-state index contributed by atoms with van der Waals surface area (Å²) < 4.78 is 42.3. The average molecular weight is 374 g/mol. The van der Waals surface area contributed by atoms with Crippen LogP contribution in [0.15, 0.2) is 41.3 Å². The van der Waals surface area contributed by atoms with Gasteiger partial charge in [-0.15, -0.1) is 0 Å². The summed E-state index contributed by atoms with van der Waals surface area (Å²) in [5.74, 6) is -1.55. The van der Waals surface area contributed by atoms with E-state index in [2.05, 4.69) is 29.6 Å². The van der Waals surface area contributed by atoms with Crippen LogP contribution in [-0.2, 0) is 6.18 Å². The van der Waals surface area contributed by atoms with Gasteiger partial charge in [0.25, 0.3) is 0 Å². The molecule has 0 atom stereocenters. The maximum Gasteiger partial charge on any atom is 0.471 e. The summed E-state index contributed by atoms with van der Waals surface area (Å²) in [5.41, 5.74) is 3.26. The van der Waals surface area contributed by atoms with Crippen molar-refractivity contribution < 1.29 is 17.7 Å². The Bertz CT molecular complexity index is 1120. The highest BCUT2D eigenvalue weighted by atomic mass is 19.4. The van der Waals surface area contributed by atoms with E-state index < -0.39 is 12.1 Å². The van der Waals surface area contributed by atoms with Crippen molar-refractivity contribution in [2.75, 3.05) is 19.0 Å². The SMILES string of the molecule is CN(C)c1c[nH]c2cnc(-c3cc(-c4noc(C(F)(F)F)n4)ccn3)cc12. The monoisotopic (exact) mass is 374 g/mol. The smallest absolute Gasteiger partial charge is 0.376 e. The first kappa shape index (κ1) is 17.0. The summed E-state index contributed by atoms with van der Waals surface area (Å²) in [6.45, 7) is 0. The fourth-order valence-electron chi connectivity index (χ4n) is 2.68. The Morgan fingerprint density at radius 3 is 2.59 bits per heavy atom. The van der Waals surface area contributed by atoms with Crippen LogP contribution >= 0.6 is 0 Å². The van der Waals surface area contributed by atoms with E-state index in [1.165, 1.54) is 12.3 Å². The van der Waals surface area contributed by atoms with Gasteiger partial charge in [0, 0.05) is 37.4 Å². The van der Waals surface area contributed by atoms with Gasteiger partial charge < -0.3 is 14.4 Å². The maximum absolute atomic E-state index is 12.7. The van der Waals surface area contributed by atoms with E-state index in [1.807, 2.05) is 31.3 Å². The lowest BCUT2D eigenvalue weighted by molar-refractivity contribution is -0.159. The molecule has 0 fully saturated rings. The van der Waals surface area contributed by atoms with Crippen LogP contribution in [0.4, 0.5) is 18.9 Å². The number of fused-ring (bicyclic) bond motifs is 1. The van der Waals surface area contributed by atoms with Crippen molar-refractivity contribution in [3.63, 3.8) is 0 Å². The minimum atomic E-state index is -4.69. The third-order valence-corrected chi connectivity index (χ3v) is 3.98. The van der Waals surface area contributed by atoms with Crippen molar-refractivity contribution in [2.24, 2.45) is 0 Å². The molecule has 0 aliphatic rings. The predicted octanol–water partition coefficient (Wildman–Crippen LogP) is 3.76. The third-order valence-electron chi connectivity index (χ3n) is 3.98. The third kappa shape index (κ3) is 3.09. The summed E-state index contributed by atoms with van der Waals surface area (Å²) >= 11 is 0. The van der Waals surface area contributed by atoms with E-state index in [9.17, 15) is 13.2 Å². The number of aromatic amines is 1. The van der Waals surface area contributed by atoms with Crippen LogP contribution in [0.3, 0.4) is 0 Å². The van der Waals surface area contributed by atoms with Gasteiger partial charge in [0.1, 0.15) is 0 Å². The first-order valence-electron chi connectivity index (χ1n) is 7.85. The predicted molar refractivity (Wildman–Crippen MR) is 91.9 cm³/mol. The molecule has 4 aromatic rings. The molecule has 27 heavy (non-hydrogen) atoms. The Morgan fingerprint density at radius 1 is 1.11 bits per heavy atom. The van der Waals surface area contributed by atoms with Crippen molar-refractivity contribution in [1.82, 2.24) is 25.1 Å². The van der Waals surface area contributed by atoms with Crippen molar-refractivity contribution in [3.05, 3.63) is 42.7 Å². The van der Waals surface area contributed by atoms with Crippen LogP contribution in [0.2, 0.25) is 0 Å². The molecule has 0 amide bonds. The molecular weight excluding hydrogens is 361 g/mol. The zero-order chi connectivity index (χ0) is 19.2. The summed E-state index contributed by atoms with van der Waals surface area (Å²) in [6.07, 6.45) is 0.328. The topological polar surface area (TPSA) is 83.7 Å². The van der Waals surface area contributed by atoms with Crippen LogP contribution in [0.5, 0.6) is 0 Å². The fraction of sp³-hybridized carbons (Fsp3) is 0.176. The molecule has 0 radical (unpaired) electrons. The molecule has 0 aliphatic heterocycles. The van der Waals surface area contributed by atoms with Gasteiger partial charge in [-0.25, -0.2) is 0 Å². The number of anilines is 1. The number of nitrogens with one attached hydrogen (secondary N) is 1. The highest BCUT2D eigenvalue weighted by Crippen LogP contribution is 2.31. The van der Waals surface area contributed by atoms with Gasteiger partial charge in [-0.1, -0.05) is 5.16 Å². The van der Waals surface area contributed by atoms with Gasteiger partial charge in [0.15, 0.2) is 0 Å². The number of aromatic nitrogens is 5. The summed E-state index contributed by atoms with van der Waals surface area (Å²) in [6, 6.07) is 4.94. The van der Waals surface area contributed by atoms with Gasteiger partial charge in [-0.2, -0.15) is 18.2 Å². The number of H-pyrrole nitrogens is 1. The van der Waals surface area contributed by atoms with E-state index in [4.69, 9.17) is 0 Å². The van der Waals surface area contributed by atoms with E-state index in [0.29, 0.717) is 17.0 Å². The Balaban J connectivity index is 1.75. The molecule has 10 heteroatoms. The number of rotatable bonds is 3. The van der Waals surface area contributed by atoms with E-state index in [1.54, 1.807) is 12.3 Å². The number of pyridine rings is 2. The Hall–Kier alpha value is -3.43. The molecule has 0 spiro atoms. The lowest BCUT2D eigenvalue weighted by Gasteiger charge is -2.10. The van der Waals surface area contributed by atoms with Crippen LogP contribution in [0.1, 0.15) is 5.89 Å². The van der Waals surface area contributed by atoms with Gasteiger partial charge in [-0.3, -0.25) is 9.97 Å². The number of hydrogen-bond donors (Lipinski definition) is 1. The molecule has 0 bridgehead atoms. The molecule has 0 aromatic carbocycles. The lowest BCUT2D eigenvalue weighted by Crippen LogP contribution is -2.07. The zero-order valence-corrected chi connectivity index (χ0v) is 14.2. The van der Waals surface area contributed by atoms with Gasteiger partial charge in [0.2, 0.25) is 5.82 Å². The van der Waals surface area contributed by atoms with Crippen LogP contribution in [0, 0.1) is 0 Å². The molecular formula is C17H13F3N6O. The second kappa shape index (κ2) is 6.08. The molecule has 7 nitrogen and oxygen atoms in total. The average Bonchev–Trinajstić information content (AvgIpc) is 3.28. The van der Waals surface area contributed by atoms with E-state index >= 15 is 0 Å². The van der Waals surface area contributed by atoms with Crippen molar-refractivity contribution >= 4 is 16.6 Å². The van der Waals surface area contributed by atoms with Crippen LogP contribution in [-0.4, -0.2) is 39.2 Å². The summed E-state index contributed by atoms with van der Waals surface area (Å²) in [7, 11) is 3.85. The van der Waals surface area contributed by atoms with Crippen molar-refractivity contribution in [1.29, 1.82) is 0 Å². The van der Waals surface area contributed by atoms with Crippen LogP contribution < -0.4 is 4.90 Å². The molecule has 0 unspecified atom stereocenters. The van der Waals surface area contributed by atoms with E-state index in [0.717, 1.165) is 16.6 Å². The molecule has 4 rings (SSSR count). The normalized spacial score (nSPS) is 11.9. The number of halogens is 3. The van der Waals surface area contributed by atoms with Crippen molar-refractivity contribution in [2.45, 2.75) is 6.18 Å². The number of hydrogen-bond acceptors (Lipinski definition) is 6. The largest absolute Gasteiger partial charge is 0.471 e. The Kier molecular flexibility index (Phi) is 3.83. The highest BCUT2D eigenvalue weighted by Gasteiger charge is 2.38. The minimum Gasteiger partial charge on any atom is -0.376 e. The molecule has 0 saturated heterocycles. The van der Waals surface area contributed by atoms with Gasteiger partial charge >= 0.3 is 12.1 Å². The number of nitrogens with zero attached hydrogens (tertiary/aromatic N) is 5. The molecule has 0 aliphatic carbocycles. The quantitative estimate of drug-likeness (QED) is 0.588. The summed E-state index contributed by atoms with van der Waals surface area (Å²) in [4.78, 5) is 17.1. The molecule has 138 valence electrons. The van der Waals surface area contributed by atoms with Gasteiger partial charge in [-0.05, 0) is 18.2 Å². The lowest BCUT2D eigenvalue weighted by atomic mass is 10.1. The van der Waals surface area contributed by atoms with Crippen molar-refractivity contribution in [3.8, 4) is 22.8 Å². The summed E-state index contributed by atoms with van der Waals surface area (Å²) in [5, 5.41) is 4.36. The standard InChI is InChI=1S/C17H13F3N6O/c1-26(2)14-8-23-13-7-22-12(6-10(13)14)11-5-9(3-4-21-11)15-24-16(27-25-15)17(18,19)20/h3-8,23H,1-2H3. The van der Waals surface area contributed by atoms with Gasteiger partial charge in [0.05, 0.1) is 28.8 Å². The zero-order valence-electron chi connectivity index (χ0n) is 14.2. The Morgan fingerprint density at radius 2 is 1.89 bits per heavy atom. The first-order valence-corrected chi connectivity index (χ1v) is 7.85. The minimum absolute atomic E-state index is 0.164. The Labute approximate surface area is 150 Å². The highest BCUT2D eigenvalue weighted by molar-refractivity contribution is 5.94. The molecule has 4 aromatic heterocycles. The molecule has 4 heterocycles. The van der Waals surface area contributed by atoms with Crippen LogP contribution in [0.25, 0.3) is 33.7 Å². The molecule has 0 saturated carbocycles. The second-order valence-corrected chi connectivity index (χ2v) is 6.03. The first-order chi connectivity index (χ1) is 12.8. The second-order valence-electron chi connectivity index (χ2n) is 6.03. The fourth-order valence-corrected chi connectivity index (χ4v) is 2.68. The molecule has 1 N–H and O–H groups in total.